The first-order valence-corrected chi connectivity index (χ1v) is 8.97. The Kier molecular flexibility index (Phi) is 5.23. The average Bonchev–Trinajstić information content (AvgIpc) is 2.53. The fourth-order valence-corrected chi connectivity index (χ4v) is 3.62. The molecule has 0 aromatic heterocycles. The van der Waals surface area contributed by atoms with E-state index >= 15 is 0 Å². The van der Waals surface area contributed by atoms with Gasteiger partial charge in [-0.1, -0.05) is 31.4 Å². The van der Waals surface area contributed by atoms with E-state index in [9.17, 15) is 0 Å². The maximum atomic E-state index is 3.47. The standard InChI is InChI=1S/C19H23NS/c1-2-4-6-16-7-9-17(10-8-16)20-18-11-13-19(14-12-18)21-15-5-3-1/h7-14,20H,1-6,15H2. The predicted molar refractivity (Wildman–Crippen MR) is 93.7 cm³/mol. The number of nitrogens with one attached hydrogen (secondary N) is 1. The van der Waals surface area contributed by atoms with Gasteiger partial charge in [0.1, 0.15) is 0 Å². The highest BCUT2D eigenvalue weighted by molar-refractivity contribution is 7.99. The Balaban J connectivity index is 1.75. The lowest BCUT2D eigenvalue weighted by atomic mass is 10.1. The zero-order valence-electron chi connectivity index (χ0n) is 12.5. The second kappa shape index (κ2) is 7.56. The number of benzene rings is 2. The van der Waals surface area contributed by atoms with E-state index in [0.29, 0.717) is 0 Å². The Morgan fingerprint density at radius 3 is 2.05 bits per heavy atom. The molecule has 2 aromatic rings. The van der Waals surface area contributed by atoms with Gasteiger partial charge in [-0.3, -0.25) is 0 Å². The molecule has 0 saturated heterocycles. The van der Waals surface area contributed by atoms with Crippen LogP contribution in [0, 0.1) is 0 Å². The van der Waals surface area contributed by atoms with E-state index in [4.69, 9.17) is 0 Å². The van der Waals surface area contributed by atoms with Crippen molar-refractivity contribution in [3.05, 3.63) is 54.1 Å². The molecule has 0 amide bonds. The molecule has 2 aromatic carbocycles. The second-order valence-electron chi connectivity index (χ2n) is 5.71. The van der Waals surface area contributed by atoms with Crippen molar-refractivity contribution in [1.29, 1.82) is 0 Å². The fraction of sp³-hybridized carbons (Fsp3) is 0.368. The smallest absolute Gasteiger partial charge is 0.0385 e. The normalized spacial score (nSPS) is 16.4. The lowest BCUT2D eigenvalue weighted by molar-refractivity contribution is 0.634. The summed E-state index contributed by atoms with van der Waals surface area (Å²) in [6.07, 6.45) is 7.96. The van der Waals surface area contributed by atoms with E-state index in [2.05, 4.69) is 53.8 Å². The lowest BCUT2D eigenvalue weighted by Gasteiger charge is -2.08. The van der Waals surface area contributed by atoms with Crippen LogP contribution in [0.1, 0.15) is 37.7 Å². The van der Waals surface area contributed by atoms with Crippen LogP contribution >= 0.6 is 11.8 Å². The predicted octanol–water partition coefficient (Wildman–Crippen LogP) is 6.03. The lowest BCUT2D eigenvalue weighted by Crippen LogP contribution is -1.91. The summed E-state index contributed by atoms with van der Waals surface area (Å²) in [6.45, 7) is 0. The Morgan fingerprint density at radius 2 is 1.29 bits per heavy atom. The summed E-state index contributed by atoms with van der Waals surface area (Å²) >= 11 is 1.98. The fourth-order valence-electron chi connectivity index (χ4n) is 2.71. The third-order valence-electron chi connectivity index (χ3n) is 3.98. The third-order valence-corrected chi connectivity index (χ3v) is 5.07. The van der Waals surface area contributed by atoms with Crippen molar-refractivity contribution in [1.82, 2.24) is 0 Å². The first kappa shape index (κ1) is 14.5. The molecule has 0 radical (unpaired) electrons. The van der Waals surface area contributed by atoms with Crippen molar-refractivity contribution in [3.8, 4) is 0 Å². The minimum Gasteiger partial charge on any atom is -0.356 e. The molecular formula is C19H23NS. The van der Waals surface area contributed by atoms with Crippen LogP contribution in [-0.4, -0.2) is 5.75 Å². The number of anilines is 2. The SMILES string of the molecule is c1cc2ccc1CCCCCCCSc1ccc(cc1)N2. The largest absolute Gasteiger partial charge is 0.356 e. The van der Waals surface area contributed by atoms with Crippen LogP contribution in [-0.2, 0) is 6.42 Å². The van der Waals surface area contributed by atoms with Crippen LogP contribution in [0.4, 0.5) is 11.4 Å². The first-order valence-electron chi connectivity index (χ1n) is 7.99. The number of thioether (sulfide) groups is 1. The highest BCUT2D eigenvalue weighted by Crippen LogP contribution is 2.24. The van der Waals surface area contributed by atoms with Crippen molar-refractivity contribution < 1.29 is 0 Å². The van der Waals surface area contributed by atoms with Gasteiger partial charge in [-0.05, 0) is 67.0 Å². The van der Waals surface area contributed by atoms with Crippen molar-refractivity contribution >= 4 is 23.1 Å². The van der Waals surface area contributed by atoms with Crippen molar-refractivity contribution in [2.24, 2.45) is 0 Å². The van der Waals surface area contributed by atoms with Gasteiger partial charge in [0.15, 0.2) is 0 Å². The summed E-state index contributed by atoms with van der Waals surface area (Å²) in [6, 6.07) is 17.7. The zero-order chi connectivity index (χ0) is 14.3. The Morgan fingerprint density at radius 1 is 0.667 bits per heavy atom. The molecule has 0 spiro atoms. The molecule has 1 N–H and O–H groups in total. The average molecular weight is 297 g/mol. The van der Waals surface area contributed by atoms with Gasteiger partial charge in [0.2, 0.25) is 0 Å². The molecule has 0 aliphatic carbocycles. The van der Waals surface area contributed by atoms with Crippen molar-refractivity contribution in [2.75, 3.05) is 11.1 Å². The highest BCUT2D eigenvalue weighted by atomic mass is 32.2. The van der Waals surface area contributed by atoms with Gasteiger partial charge in [-0.2, -0.15) is 0 Å². The maximum absolute atomic E-state index is 3.47. The van der Waals surface area contributed by atoms with Crippen LogP contribution < -0.4 is 5.32 Å². The Labute approximate surface area is 132 Å². The Hall–Kier alpha value is -1.41. The summed E-state index contributed by atoms with van der Waals surface area (Å²) < 4.78 is 0. The van der Waals surface area contributed by atoms with E-state index in [1.807, 2.05) is 11.8 Å². The summed E-state index contributed by atoms with van der Waals surface area (Å²) in [5.74, 6) is 1.24. The molecule has 4 aliphatic heterocycles. The molecule has 6 rings (SSSR count). The highest BCUT2D eigenvalue weighted by Gasteiger charge is 2.00. The molecule has 4 aliphatic rings. The van der Waals surface area contributed by atoms with E-state index in [-0.39, 0.29) is 0 Å². The van der Waals surface area contributed by atoms with Gasteiger partial charge in [0, 0.05) is 16.3 Å². The first-order chi connectivity index (χ1) is 10.4. The van der Waals surface area contributed by atoms with Crippen molar-refractivity contribution in [2.45, 2.75) is 43.4 Å². The number of hydrogen-bond acceptors (Lipinski definition) is 2. The molecule has 0 saturated carbocycles. The van der Waals surface area contributed by atoms with Gasteiger partial charge in [-0.25, -0.2) is 0 Å². The summed E-state index contributed by atoms with van der Waals surface area (Å²) in [4.78, 5) is 1.38. The van der Waals surface area contributed by atoms with Crippen LogP contribution in [0.15, 0.2) is 53.4 Å². The number of rotatable bonds is 0. The number of aryl methyl sites for hydroxylation is 1. The maximum Gasteiger partial charge on any atom is 0.0385 e. The molecule has 4 heterocycles. The molecule has 4 bridgehead atoms. The van der Waals surface area contributed by atoms with Crippen LogP contribution in [0.5, 0.6) is 0 Å². The van der Waals surface area contributed by atoms with Crippen molar-refractivity contribution in [3.63, 3.8) is 0 Å². The molecule has 21 heavy (non-hydrogen) atoms. The van der Waals surface area contributed by atoms with E-state index < -0.39 is 0 Å². The molecular weight excluding hydrogens is 274 g/mol. The summed E-state index contributed by atoms with van der Waals surface area (Å²) in [5, 5.41) is 3.47. The third kappa shape index (κ3) is 4.53. The second-order valence-corrected chi connectivity index (χ2v) is 6.88. The van der Waals surface area contributed by atoms with E-state index in [1.165, 1.54) is 60.4 Å². The van der Waals surface area contributed by atoms with Crippen LogP contribution in [0.3, 0.4) is 0 Å². The van der Waals surface area contributed by atoms with E-state index in [0.717, 1.165) is 5.69 Å². The molecule has 0 fully saturated rings. The van der Waals surface area contributed by atoms with Gasteiger partial charge in [0.05, 0.1) is 0 Å². The Bertz CT molecular complexity index is 493. The molecule has 110 valence electrons. The van der Waals surface area contributed by atoms with E-state index in [1.54, 1.807) is 0 Å². The molecule has 1 nitrogen and oxygen atoms in total. The zero-order valence-corrected chi connectivity index (χ0v) is 13.3. The summed E-state index contributed by atoms with van der Waals surface area (Å²) in [7, 11) is 0. The quantitative estimate of drug-likeness (QED) is 0.637. The number of hydrogen-bond donors (Lipinski definition) is 1. The molecule has 0 atom stereocenters. The minimum atomic E-state index is 1.16. The van der Waals surface area contributed by atoms with Gasteiger partial charge in [-0.15, -0.1) is 11.8 Å². The minimum absolute atomic E-state index is 1.16. The van der Waals surface area contributed by atoms with Crippen LogP contribution in [0.2, 0.25) is 0 Å². The topological polar surface area (TPSA) is 12.0 Å². The molecule has 2 heteroatoms. The summed E-state index contributed by atoms with van der Waals surface area (Å²) in [5.41, 5.74) is 3.79. The molecule has 0 unspecified atom stereocenters. The van der Waals surface area contributed by atoms with Gasteiger partial charge >= 0.3 is 0 Å². The van der Waals surface area contributed by atoms with Crippen LogP contribution in [0.25, 0.3) is 0 Å². The van der Waals surface area contributed by atoms with Gasteiger partial charge in [0.25, 0.3) is 0 Å². The monoisotopic (exact) mass is 297 g/mol. The van der Waals surface area contributed by atoms with Gasteiger partial charge < -0.3 is 5.32 Å².